The standard InChI is InChI=1S/C12H19NO3S/c1-4-16-10(12(14)15)8-13(3)9(2)11-6-5-7-17-11/h5-7,9-10H,4,8H2,1-3H3,(H,14,15). The van der Waals surface area contributed by atoms with Crippen LogP contribution in [0.3, 0.4) is 0 Å². The van der Waals surface area contributed by atoms with Crippen molar-refractivity contribution >= 4 is 17.3 Å². The van der Waals surface area contributed by atoms with Gasteiger partial charge < -0.3 is 9.84 Å². The highest BCUT2D eigenvalue weighted by Crippen LogP contribution is 2.23. The number of carboxylic acids is 1. The Balaban J connectivity index is 2.57. The number of hydrogen-bond acceptors (Lipinski definition) is 4. The van der Waals surface area contributed by atoms with E-state index in [1.165, 1.54) is 4.88 Å². The van der Waals surface area contributed by atoms with Crippen molar-refractivity contribution in [2.75, 3.05) is 20.2 Å². The third kappa shape index (κ3) is 4.11. The molecule has 0 aliphatic carbocycles. The van der Waals surface area contributed by atoms with Crippen LogP contribution in [-0.2, 0) is 9.53 Å². The molecule has 5 heteroatoms. The first-order chi connectivity index (χ1) is 8.06. The van der Waals surface area contributed by atoms with Crippen LogP contribution in [0.25, 0.3) is 0 Å². The van der Waals surface area contributed by atoms with E-state index < -0.39 is 12.1 Å². The minimum absolute atomic E-state index is 0.206. The Morgan fingerprint density at radius 3 is 2.82 bits per heavy atom. The Morgan fingerprint density at radius 1 is 1.65 bits per heavy atom. The SMILES string of the molecule is CCOC(CN(C)C(C)c1cccs1)C(=O)O. The second-order valence-electron chi connectivity index (χ2n) is 3.91. The van der Waals surface area contributed by atoms with Crippen molar-refractivity contribution in [2.24, 2.45) is 0 Å². The molecule has 1 rings (SSSR count). The maximum absolute atomic E-state index is 11.0. The molecular formula is C12H19NO3S. The van der Waals surface area contributed by atoms with Crippen molar-refractivity contribution in [1.82, 2.24) is 4.90 Å². The van der Waals surface area contributed by atoms with Crippen molar-refractivity contribution in [3.8, 4) is 0 Å². The topological polar surface area (TPSA) is 49.8 Å². The number of rotatable bonds is 7. The number of aliphatic carboxylic acids is 1. The highest BCUT2D eigenvalue weighted by molar-refractivity contribution is 7.10. The zero-order valence-corrected chi connectivity index (χ0v) is 11.2. The molecule has 0 bridgehead atoms. The Morgan fingerprint density at radius 2 is 2.35 bits per heavy atom. The van der Waals surface area contributed by atoms with Crippen molar-refractivity contribution in [1.29, 1.82) is 0 Å². The van der Waals surface area contributed by atoms with Crippen LogP contribution < -0.4 is 0 Å². The number of ether oxygens (including phenoxy) is 1. The van der Waals surface area contributed by atoms with Gasteiger partial charge >= 0.3 is 5.97 Å². The number of nitrogens with zero attached hydrogens (tertiary/aromatic N) is 1. The monoisotopic (exact) mass is 257 g/mol. The Hall–Kier alpha value is -0.910. The fourth-order valence-electron chi connectivity index (χ4n) is 1.57. The molecule has 0 saturated carbocycles. The van der Waals surface area contributed by atoms with E-state index in [1.807, 2.05) is 23.4 Å². The Labute approximate surface area is 106 Å². The van der Waals surface area contributed by atoms with Gasteiger partial charge in [-0.25, -0.2) is 4.79 Å². The normalized spacial score (nSPS) is 14.8. The molecule has 0 amide bonds. The second-order valence-corrected chi connectivity index (χ2v) is 4.89. The molecule has 2 atom stereocenters. The molecule has 17 heavy (non-hydrogen) atoms. The molecular weight excluding hydrogens is 238 g/mol. The van der Waals surface area contributed by atoms with E-state index >= 15 is 0 Å². The first-order valence-corrected chi connectivity index (χ1v) is 6.52. The number of likely N-dealkylation sites (N-methyl/N-ethyl adjacent to an activating group) is 1. The highest BCUT2D eigenvalue weighted by atomic mass is 32.1. The summed E-state index contributed by atoms with van der Waals surface area (Å²) in [6.07, 6.45) is -0.757. The van der Waals surface area contributed by atoms with E-state index in [2.05, 4.69) is 13.0 Å². The average molecular weight is 257 g/mol. The molecule has 0 spiro atoms. The molecule has 0 radical (unpaired) electrons. The second kappa shape index (κ2) is 6.74. The van der Waals surface area contributed by atoms with Crippen LogP contribution in [0.5, 0.6) is 0 Å². The van der Waals surface area contributed by atoms with Crippen molar-refractivity contribution < 1.29 is 14.6 Å². The van der Waals surface area contributed by atoms with Crippen LogP contribution >= 0.6 is 11.3 Å². The number of hydrogen-bond donors (Lipinski definition) is 1. The van der Waals surface area contributed by atoms with Gasteiger partial charge in [-0.05, 0) is 32.3 Å². The first-order valence-electron chi connectivity index (χ1n) is 5.64. The van der Waals surface area contributed by atoms with Crippen LogP contribution in [-0.4, -0.2) is 42.3 Å². The molecule has 0 fully saturated rings. The van der Waals surface area contributed by atoms with Crippen molar-refractivity contribution in [3.05, 3.63) is 22.4 Å². The summed E-state index contributed by atoms with van der Waals surface area (Å²) >= 11 is 1.68. The minimum Gasteiger partial charge on any atom is -0.479 e. The van der Waals surface area contributed by atoms with Crippen LogP contribution in [0.1, 0.15) is 24.8 Å². The van der Waals surface area contributed by atoms with Gasteiger partial charge in [0.1, 0.15) is 0 Å². The molecule has 2 unspecified atom stereocenters. The molecule has 1 aromatic heterocycles. The van der Waals surface area contributed by atoms with Gasteiger partial charge in [-0.2, -0.15) is 0 Å². The molecule has 1 aromatic rings. The maximum Gasteiger partial charge on any atom is 0.334 e. The molecule has 0 saturated heterocycles. The third-order valence-electron chi connectivity index (χ3n) is 2.71. The lowest BCUT2D eigenvalue weighted by molar-refractivity contribution is -0.151. The van der Waals surface area contributed by atoms with E-state index in [1.54, 1.807) is 18.3 Å². The van der Waals surface area contributed by atoms with E-state index in [9.17, 15) is 4.79 Å². The van der Waals surface area contributed by atoms with Crippen molar-refractivity contribution in [2.45, 2.75) is 26.0 Å². The number of carboxylic acid groups (broad SMARTS) is 1. The molecule has 1 N–H and O–H groups in total. The average Bonchev–Trinajstić information content (AvgIpc) is 2.80. The predicted octanol–water partition coefficient (Wildman–Crippen LogP) is 2.23. The first kappa shape index (κ1) is 14.2. The van der Waals surface area contributed by atoms with Gasteiger partial charge in [-0.15, -0.1) is 11.3 Å². The quantitative estimate of drug-likeness (QED) is 0.814. The maximum atomic E-state index is 11.0. The summed E-state index contributed by atoms with van der Waals surface area (Å²) in [4.78, 5) is 14.2. The van der Waals surface area contributed by atoms with Crippen LogP contribution in [0.2, 0.25) is 0 Å². The van der Waals surface area contributed by atoms with Crippen molar-refractivity contribution in [3.63, 3.8) is 0 Å². The lowest BCUT2D eigenvalue weighted by atomic mass is 10.2. The highest BCUT2D eigenvalue weighted by Gasteiger charge is 2.22. The van der Waals surface area contributed by atoms with Gasteiger partial charge in [0.2, 0.25) is 0 Å². The largest absolute Gasteiger partial charge is 0.479 e. The van der Waals surface area contributed by atoms with E-state index in [-0.39, 0.29) is 6.04 Å². The van der Waals surface area contributed by atoms with E-state index in [0.717, 1.165) is 0 Å². The Kier molecular flexibility index (Phi) is 5.61. The molecule has 1 heterocycles. The third-order valence-corrected chi connectivity index (χ3v) is 3.76. The summed E-state index contributed by atoms with van der Waals surface area (Å²) in [5, 5.41) is 11.0. The van der Waals surface area contributed by atoms with Crippen LogP contribution in [0.4, 0.5) is 0 Å². The number of carbonyl (C=O) groups is 1. The molecule has 0 aromatic carbocycles. The lowest BCUT2D eigenvalue weighted by Gasteiger charge is -2.26. The van der Waals surface area contributed by atoms with Crippen LogP contribution in [0, 0.1) is 0 Å². The lowest BCUT2D eigenvalue weighted by Crippen LogP contribution is -2.37. The minimum atomic E-state index is -0.905. The zero-order valence-electron chi connectivity index (χ0n) is 10.4. The number of thiophene rings is 1. The van der Waals surface area contributed by atoms with Gasteiger partial charge in [0.05, 0.1) is 0 Å². The summed E-state index contributed by atoms with van der Waals surface area (Å²) in [6, 6.07) is 4.27. The fraction of sp³-hybridized carbons (Fsp3) is 0.583. The van der Waals surface area contributed by atoms with Crippen LogP contribution in [0.15, 0.2) is 17.5 Å². The molecule has 0 aliphatic heterocycles. The fourth-order valence-corrected chi connectivity index (χ4v) is 2.42. The Bertz CT molecular complexity index is 340. The zero-order chi connectivity index (χ0) is 12.8. The molecule has 0 aliphatic rings. The smallest absolute Gasteiger partial charge is 0.334 e. The van der Waals surface area contributed by atoms with E-state index in [4.69, 9.17) is 9.84 Å². The van der Waals surface area contributed by atoms with Gasteiger partial charge in [0.25, 0.3) is 0 Å². The van der Waals surface area contributed by atoms with Gasteiger partial charge in [0.15, 0.2) is 6.10 Å². The molecule has 4 nitrogen and oxygen atoms in total. The summed E-state index contributed by atoms with van der Waals surface area (Å²) < 4.78 is 5.20. The molecule has 96 valence electrons. The predicted molar refractivity (Wildman–Crippen MR) is 68.4 cm³/mol. The van der Waals surface area contributed by atoms with E-state index in [0.29, 0.717) is 13.2 Å². The summed E-state index contributed by atoms with van der Waals surface area (Å²) in [5.74, 6) is -0.905. The van der Waals surface area contributed by atoms with Gasteiger partial charge in [-0.1, -0.05) is 6.07 Å². The van der Waals surface area contributed by atoms with Gasteiger partial charge in [-0.3, -0.25) is 4.90 Å². The summed E-state index contributed by atoms with van der Waals surface area (Å²) in [7, 11) is 1.92. The summed E-state index contributed by atoms with van der Waals surface area (Å²) in [5.41, 5.74) is 0. The van der Waals surface area contributed by atoms with Gasteiger partial charge in [0, 0.05) is 24.1 Å². The summed E-state index contributed by atoms with van der Waals surface area (Å²) in [6.45, 7) is 4.68.